The lowest BCUT2D eigenvalue weighted by Gasteiger charge is -2.15. The molecule has 1 amide bonds. The van der Waals surface area contributed by atoms with Crippen LogP contribution in [0.3, 0.4) is 0 Å². The summed E-state index contributed by atoms with van der Waals surface area (Å²) in [6.45, 7) is 4.71. The minimum absolute atomic E-state index is 0.0662. The summed E-state index contributed by atoms with van der Waals surface area (Å²) < 4.78 is 10.6. The normalized spacial score (nSPS) is 10.5. The first kappa shape index (κ1) is 15.1. The molecule has 0 aliphatic rings. The predicted octanol–water partition coefficient (Wildman–Crippen LogP) is 0.970. The Balaban J connectivity index is 2.47. The first-order chi connectivity index (χ1) is 9.00. The van der Waals surface area contributed by atoms with Crippen molar-refractivity contribution in [2.75, 3.05) is 30.8 Å². The molecule has 0 saturated heterocycles. The molecular weight excluding hydrogens is 246 g/mol. The number of hydrogen-bond donors (Lipinski definition) is 3. The number of carbonyl (C=O) groups excluding carboxylic acids is 1. The minimum Gasteiger partial charge on any atom is -0.489 e. The molecule has 0 aliphatic heterocycles. The first-order valence-corrected chi connectivity index (χ1v) is 6.15. The van der Waals surface area contributed by atoms with Crippen LogP contribution in [0.15, 0.2) is 18.2 Å². The van der Waals surface area contributed by atoms with E-state index in [-0.39, 0.29) is 12.7 Å². The van der Waals surface area contributed by atoms with Gasteiger partial charge in [-0.2, -0.15) is 0 Å². The maximum atomic E-state index is 10.5. The number of primary amides is 1. The van der Waals surface area contributed by atoms with Crippen molar-refractivity contribution in [2.24, 2.45) is 5.73 Å². The van der Waals surface area contributed by atoms with Gasteiger partial charge in [0, 0.05) is 6.54 Å². The zero-order chi connectivity index (χ0) is 14.3. The van der Waals surface area contributed by atoms with Crippen LogP contribution in [0.25, 0.3) is 0 Å². The van der Waals surface area contributed by atoms with Gasteiger partial charge in [-0.3, -0.25) is 4.79 Å². The predicted molar refractivity (Wildman–Crippen MR) is 75.1 cm³/mol. The van der Waals surface area contributed by atoms with Crippen molar-refractivity contribution >= 4 is 17.3 Å². The number of benzene rings is 1. The van der Waals surface area contributed by atoms with Crippen LogP contribution in [0.4, 0.5) is 11.4 Å². The Morgan fingerprint density at radius 3 is 2.79 bits per heavy atom. The highest BCUT2D eigenvalue weighted by molar-refractivity contribution is 5.75. The maximum absolute atomic E-state index is 10.5. The van der Waals surface area contributed by atoms with E-state index in [0.29, 0.717) is 24.6 Å². The number of anilines is 2. The van der Waals surface area contributed by atoms with Crippen LogP contribution in [0.1, 0.15) is 13.8 Å². The Labute approximate surface area is 113 Å². The summed E-state index contributed by atoms with van der Waals surface area (Å²) in [4.78, 5) is 10.5. The fourth-order valence-electron chi connectivity index (χ4n) is 1.49. The van der Waals surface area contributed by atoms with Gasteiger partial charge in [-0.05, 0) is 26.0 Å². The van der Waals surface area contributed by atoms with Gasteiger partial charge in [0.05, 0.1) is 24.1 Å². The second kappa shape index (κ2) is 7.48. The Morgan fingerprint density at radius 2 is 2.16 bits per heavy atom. The fraction of sp³-hybridized carbons (Fsp3) is 0.462. The summed E-state index contributed by atoms with van der Waals surface area (Å²) in [6, 6.07) is 5.54. The van der Waals surface area contributed by atoms with Gasteiger partial charge in [0.2, 0.25) is 5.91 Å². The van der Waals surface area contributed by atoms with Crippen LogP contribution >= 0.6 is 0 Å². The smallest absolute Gasteiger partial charge is 0.243 e. The van der Waals surface area contributed by atoms with E-state index in [1.54, 1.807) is 0 Å². The summed E-state index contributed by atoms with van der Waals surface area (Å²) in [5.41, 5.74) is 12.3. The third kappa shape index (κ3) is 5.48. The van der Waals surface area contributed by atoms with Gasteiger partial charge in [0.1, 0.15) is 12.4 Å². The van der Waals surface area contributed by atoms with Gasteiger partial charge >= 0.3 is 0 Å². The van der Waals surface area contributed by atoms with E-state index >= 15 is 0 Å². The van der Waals surface area contributed by atoms with Gasteiger partial charge in [-0.15, -0.1) is 0 Å². The quantitative estimate of drug-likeness (QED) is 0.481. The average molecular weight is 267 g/mol. The standard InChI is InChI=1S/C13H21N3O3/c1-9(2)19-11-5-3-4-10(13(11)15)16-6-7-18-8-12(14)17/h3-5,9,16H,6-8,15H2,1-2H3,(H2,14,17). The van der Waals surface area contributed by atoms with Crippen molar-refractivity contribution in [2.45, 2.75) is 20.0 Å². The Bertz CT molecular complexity index is 422. The molecule has 0 aliphatic carbocycles. The number of para-hydroxylation sites is 1. The molecule has 1 rings (SSSR count). The van der Waals surface area contributed by atoms with Gasteiger partial charge in [0.15, 0.2) is 0 Å². The molecular formula is C13H21N3O3. The molecule has 6 heteroatoms. The third-order valence-corrected chi connectivity index (χ3v) is 2.23. The molecule has 1 aromatic rings. The van der Waals surface area contributed by atoms with E-state index in [4.69, 9.17) is 20.9 Å². The van der Waals surface area contributed by atoms with Crippen molar-refractivity contribution in [3.63, 3.8) is 0 Å². The number of nitrogen functional groups attached to an aromatic ring is 1. The summed E-state index contributed by atoms with van der Waals surface area (Å²) in [6.07, 6.45) is 0.0662. The Hall–Kier alpha value is -1.95. The number of nitrogens with two attached hydrogens (primary N) is 2. The van der Waals surface area contributed by atoms with Crippen LogP contribution < -0.4 is 21.5 Å². The average Bonchev–Trinajstić information content (AvgIpc) is 2.32. The molecule has 19 heavy (non-hydrogen) atoms. The second-order valence-electron chi connectivity index (χ2n) is 4.33. The van der Waals surface area contributed by atoms with Crippen molar-refractivity contribution in [3.8, 4) is 5.75 Å². The van der Waals surface area contributed by atoms with E-state index < -0.39 is 5.91 Å². The topological polar surface area (TPSA) is 99.6 Å². The molecule has 106 valence electrons. The molecule has 5 N–H and O–H groups in total. The number of hydrogen-bond acceptors (Lipinski definition) is 5. The second-order valence-corrected chi connectivity index (χ2v) is 4.33. The molecule has 0 bridgehead atoms. The first-order valence-electron chi connectivity index (χ1n) is 6.15. The molecule has 0 saturated carbocycles. The molecule has 0 radical (unpaired) electrons. The van der Waals surface area contributed by atoms with Gasteiger partial charge in [-0.25, -0.2) is 0 Å². The highest BCUT2D eigenvalue weighted by atomic mass is 16.5. The van der Waals surface area contributed by atoms with Crippen LogP contribution in [0, 0.1) is 0 Å². The lowest BCUT2D eigenvalue weighted by Crippen LogP contribution is -2.20. The third-order valence-electron chi connectivity index (χ3n) is 2.23. The van der Waals surface area contributed by atoms with Gasteiger partial charge < -0.3 is 26.3 Å². The van der Waals surface area contributed by atoms with E-state index in [9.17, 15) is 4.79 Å². The number of nitrogens with one attached hydrogen (secondary N) is 1. The van der Waals surface area contributed by atoms with Crippen molar-refractivity contribution in [1.29, 1.82) is 0 Å². The highest BCUT2D eigenvalue weighted by Crippen LogP contribution is 2.29. The molecule has 1 aromatic carbocycles. The van der Waals surface area contributed by atoms with E-state index in [1.807, 2.05) is 32.0 Å². The van der Waals surface area contributed by atoms with Crippen LogP contribution in [0.2, 0.25) is 0 Å². The number of amides is 1. The van der Waals surface area contributed by atoms with E-state index in [1.165, 1.54) is 0 Å². The summed E-state index contributed by atoms with van der Waals surface area (Å²) >= 11 is 0. The zero-order valence-corrected chi connectivity index (χ0v) is 11.3. The molecule has 6 nitrogen and oxygen atoms in total. The Morgan fingerprint density at radius 1 is 1.42 bits per heavy atom. The number of carbonyl (C=O) groups is 1. The highest BCUT2D eigenvalue weighted by Gasteiger charge is 2.07. The van der Waals surface area contributed by atoms with Crippen molar-refractivity contribution < 1.29 is 14.3 Å². The van der Waals surface area contributed by atoms with Crippen molar-refractivity contribution in [1.82, 2.24) is 0 Å². The zero-order valence-electron chi connectivity index (χ0n) is 11.3. The minimum atomic E-state index is -0.480. The number of ether oxygens (including phenoxy) is 2. The van der Waals surface area contributed by atoms with Gasteiger partial charge in [-0.1, -0.05) is 6.07 Å². The lowest BCUT2D eigenvalue weighted by atomic mass is 10.2. The molecule has 0 atom stereocenters. The summed E-state index contributed by atoms with van der Waals surface area (Å²) in [5.74, 6) is 0.171. The van der Waals surface area contributed by atoms with Gasteiger partial charge in [0.25, 0.3) is 0 Å². The SMILES string of the molecule is CC(C)Oc1cccc(NCCOCC(N)=O)c1N. The number of rotatable bonds is 8. The van der Waals surface area contributed by atoms with Crippen LogP contribution in [0.5, 0.6) is 5.75 Å². The fourth-order valence-corrected chi connectivity index (χ4v) is 1.49. The largest absolute Gasteiger partial charge is 0.489 e. The van der Waals surface area contributed by atoms with Crippen LogP contribution in [-0.2, 0) is 9.53 Å². The molecule has 0 spiro atoms. The lowest BCUT2D eigenvalue weighted by molar-refractivity contribution is -0.122. The molecule has 0 unspecified atom stereocenters. The summed E-state index contributed by atoms with van der Waals surface area (Å²) in [7, 11) is 0. The Kier molecular flexibility index (Phi) is 5.95. The molecule has 0 fully saturated rings. The van der Waals surface area contributed by atoms with Crippen LogP contribution in [-0.4, -0.2) is 31.8 Å². The monoisotopic (exact) mass is 267 g/mol. The maximum Gasteiger partial charge on any atom is 0.243 e. The van der Waals surface area contributed by atoms with E-state index in [0.717, 1.165) is 5.69 Å². The summed E-state index contributed by atoms with van der Waals surface area (Å²) in [5, 5.41) is 3.12. The molecule has 0 aromatic heterocycles. The van der Waals surface area contributed by atoms with Crippen molar-refractivity contribution in [3.05, 3.63) is 18.2 Å². The van der Waals surface area contributed by atoms with E-state index in [2.05, 4.69) is 5.32 Å². The molecule has 0 heterocycles.